The number of para-hydroxylation sites is 1. The Labute approximate surface area is 191 Å². The predicted molar refractivity (Wildman–Crippen MR) is 125 cm³/mol. The maximum absolute atomic E-state index is 13.5. The summed E-state index contributed by atoms with van der Waals surface area (Å²) in [5.74, 6) is 0.786. The molecule has 1 aliphatic carbocycles. The third-order valence-electron chi connectivity index (χ3n) is 7.39. The lowest BCUT2D eigenvalue weighted by Crippen LogP contribution is -2.48. The Kier molecular flexibility index (Phi) is 6.08. The molecule has 172 valence electrons. The molecule has 5 rings (SSSR count). The van der Waals surface area contributed by atoms with Gasteiger partial charge in [-0.3, -0.25) is 9.69 Å². The van der Waals surface area contributed by atoms with Crippen molar-refractivity contribution in [3.8, 4) is 5.69 Å². The van der Waals surface area contributed by atoms with E-state index in [2.05, 4.69) is 43.9 Å². The molecule has 0 bridgehead atoms. The average Bonchev–Trinajstić information content (AvgIpc) is 3.37. The van der Waals surface area contributed by atoms with Gasteiger partial charge in [0.25, 0.3) is 5.91 Å². The third-order valence-corrected chi connectivity index (χ3v) is 7.39. The van der Waals surface area contributed by atoms with E-state index in [1.807, 2.05) is 15.6 Å². The number of benzene rings is 1. The summed E-state index contributed by atoms with van der Waals surface area (Å²) in [7, 11) is 0. The van der Waals surface area contributed by atoms with Crippen LogP contribution in [-0.2, 0) is 17.6 Å². The monoisotopic (exact) mass is 436 g/mol. The van der Waals surface area contributed by atoms with E-state index >= 15 is 0 Å². The molecular formula is C26H36N4O2. The Hall–Kier alpha value is -2.18. The Morgan fingerprint density at radius 3 is 2.53 bits per heavy atom. The second-order valence-corrected chi connectivity index (χ2v) is 10.0. The molecule has 1 amide bonds. The quantitative estimate of drug-likeness (QED) is 0.734. The molecule has 0 radical (unpaired) electrons. The summed E-state index contributed by atoms with van der Waals surface area (Å²) >= 11 is 0. The molecular weight excluding hydrogens is 400 g/mol. The number of hydrogen-bond acceptors (Lipinski definition) is 4. The molecule has 0 N–H and O–H groups in total. The highest BCUT2D eigenvalue weighted by Crippen LogP contribution is 2.30. The van der Waals surface area contributed by atoms with Crippen molar-refractivity contribution in [2.45, 2.75) is 65.1 Å². The first kappa shape index (κ1) is 21.7. The standard InChI is InChI=1S/C26H36N4O2/c1-18-7-4-5-9-23(18)30-24-10-6-8-22(24)25(27-30)26(31)29-13-11-21(12-14-29)17-28-15-19(2)32-20(3)16-28/h4-5,7,9,19-21H,6,8,10-17H2,1-3H3. The van der Waals surface area contributed by atoms with E-state index < -0.39 is 0 Å². The number of hydrogen-bond donors (Lipinski definition) is 0. The highest BCUT2D eigenvalue weighted by Gasteiger charge is 2.32. The van der Waals surface area contributed by atoms with E-state index in [0.717, 1.165) is 70.5 Å². The van der Waals surface area contributed by atoms with Gasteiger partial charge in [-0.25, -0.2) is 4.68 Å². The van der Waals surface area contributed by atoms with Crippen LogP contribution in [0, 0.1) is 12.8 Å². The third kappa shape index (κ3) is 4.23. The van der Waals surface area contributed by atoms with Crippen molar-refractivity contribution in [1.29, 1.82) is 0 Å². The number of aromatic nitrogens is 2. The molecule has 2 unspecified atom stereocenters. The smallest absolute Gasteiger partial charge is 0.274 e. The summed E-state index contributed by atoms with van der Waals surface area (Å²) in [6.45, 7) is 11.3. The van der Waals surface area contributed by atoms with Gasteiger partial charge >= 0.3 is 0 Å². The molecule has 6 heteroatoms. The van der Waals surface area contributed by atoms with Crippen molar-refractivity contribution in [1.82, 2.24) is 19.6 Å². The summed E-state index contributed by atoms with van der Waals surface area (Å²) in [4.78, 5) is 18.1. The maximum Gasteiger partial charge on any atom is 0.274 e. The zero-order valence-electron chi connectivity index (χ0n) is 19.7. The molecule has 0 spiro atoms. The summed E-state index contributed by atoms with van der Waals surface area (Å²) in [6, 6.07) is 8.32. The number of rotatable bonds is 4. The number of nitrogens with zero attached hydrogens (tertiary/aromatic N) is 4. The minimum atomic E-state index is 0.127. The summed E-state index contributed by atoms with van der Waals surface area (Å²) in [5, 5.41) is 4.87. The van der Waals surface area contributed by atoms with Crippen molar-refractivity contribution >= 4 is 5.91 Å². The molecule has 3 aliphatic rings. The fraction of sp³-hybridized carbons (Fsp3) is 0.615. The topological polar surface area (TPSA) is 50.6 Å². The number of morpholine rings is 1. The molecule has 0 saturated carbocycles. The van der Waals surface area contributed by atoms with Gasteiger partial charge in [0, 0.05) is 44.0 Å². The zero-order chi connectivity index (χ0) is 22.2. The second kappa shape index (κ2) is 8.99. The maximum atomic E-state index is 13.5. The molecule has 2 fully saturated rings. The normalized spacial score (nSPS) is 24.7. The summed E-state index contributed by atoms with van der Waals surface area (Å²) in [5.41, 5.74) is 5.38. The van der Waals surface area contributed by atoms with E-state index in [1.165, 1.54) is 16.8 Å². The SMILES string of the molecule is Cc1ccccc1-n1nc(C(=O)N2CCC(CN3CC(C)OC(C)C3)CC2)c2c1CCC2. The Morgan fingerprint density at radius 1 is 1.09 bits per heavy atom. The predicted octanol–water partition coefficient (Wildman–Crippen LogP) is 3.63. The molecule has 1 aromatic heterocycles. The lowest BCUT2D eigenvalue weighted by atomic mass is 9.95. The molecule has 2 saturated heterocycles. The molecule has 1 aromatic carbocycles. The molecule has 3 heterocycles. The fourth-order valence-corrected chi connectivity index (χ4v) is 5.88. The van der Waals surface area contributed by atoms with Crippen LogP contribution >= 0.6 is 0 Å². The van der Waals surface area contributed by atoms with Crippen LogP contribution in [0.1, 0.15) is 60.4 Å². The molecule has 32 heavy (non-hydrogen) atoms. The first-order valence-corrected chi connectivity index (χ1v) is 12.3. The van der Waals surface area contributed by atoms with Gasteiger partial charge in [0.1, 0.15) is 0 Å². The first-order chi connectivity index (χ1) is 15.5. The Balaban J connectivity index is 1.26. The minimum absolute atomic E-state index is 0.127. The van der Waals surface area contributed by atoms with Crippen LogP contribution in [0.3, 0.4) is 0 Å². The average molecular weight is 437 g/mol. The largest absolute Gasteiger partial charge is 0.373 e. The van der Waals surface area contributed by atoms with Gasteiger partial charge in [0.15, 0.2) is 5.69 Å². The van der Waals surface area contributed by atoms with Crippen LogP contribution in [0.15, 0.2) is 24.3 Å². The Morgan fingerprint density at radius 2 is 1.81 bits per heavy atom. The van der Waals surface area contributed by atoms with Gasteiger partial charge in [-0.15, -0.1) is 0 Å². The number of carbonyl (C=O) groups excluding carboxylic acids is 1. The lowest BCUT2D eigenvalue weighted by Gasteiger charge is -2.39. The number of fused-ring (bicyclic) bond motifs is 1. The van der Waals surface area contributed by atoms with Gasteiger partial charge in [0.2, 0.25) is 0 Å². The van der Waals surface area contributed by atoms with Crippen LogP contribution in [0.5, 0.6) is 0 Å². The molecule has 2 aromatic rings. The van der Waals surface area contributed by atoms with Crippen LogP contribution in [-0.4, -0.2) is 70.4 Å². The van der Waals surface area contributed by atoms with Crippen molar-refractivity contribution in [2.24, 2.45) is 5.92 Å². The Bertz CT molecular complexity index is 966. The van der Waals surface area contributed by atoms with Crippen molar-refractivity contribution in [3.63, 3.8) is 0 Å². The highest BCUT2D eigenvalue weighted by atomic mass is 16.5. The summed E-state index contributed by atoms with van der Waals surface area (Å²) in [6.07, 6.45) is 5.85. The number of amides is 1. The van der Waals surface area contributed by atoms with Gasteiger partial charge < -0.3 is 9.64 Å². The van der Waals surface area contributed by atoms with Crippen molar-refractivity contribution in [3.05, 3.63) is 46.8 Å². The molecule has 2 aliphatic heterocycles. The van der Waals surface area contributed by atoms with Gasteiger partial charge in [0.05, 0.1) is 17.9 Å². The van der Waals surface area contributed by atoms with Crippen LogP contribution < -0.4 is 0 Å². The van der Waals surface area contributed by atoms with E-state index in [-0.39, 0.29) is 5.91 Å². The highest BCUT2D eigenvalue weighted by molar-refractivity contribution is 5.94. The fourth-order valence-electron chi connectivity index (χ4n) is 5.88. The minimum Gasteiger partial charge on any atom is -0.373 e. The number of likely N-dealkylation sites (tertiary alicyclic amines) is 1. The zero-order valence-corrected chi connectivity index (χ0v) is 19.7. The van der Waals surface area contributed by atoms with E-state index in [1.54, 1.807) is 0 Å². The number of aryl methyl sites for hydroxylation is 1. The number of piperidine rings is 1. The van der Waals surface area contributed by atoms with Gasteiger partial charge in [-0.05, 0) is 70.4 Å². The van der Waals surface area contributed by atoms with E-state index in [9.17, 15) is 4.79 Å². The molecule has 6 nitrogen and oxygen atoms in total. The first-order valence-electron chi connectivity index (χ1n) is 12.3. The van der Waals surface area contributed by atoms with Crippen LogP contribution in [0.2, 0.25) is 0 Å². The number of ether oxygens (including phenoxy) is 1. The lowest BCUT2D eigenvalue weighted by molar-refractivity contribution is -0.0728. The van der Waals surface area contributed by atoms with Crippen molar-refractivity contribution in [2.75, 3.05) is 32.7 Å². The van der Waals surface area contributed by atoms with E-state index in [4.69, 9.17) is 9.84 Å². The van der Waals surface area contributed by atoms with Crippen LogP contribution in [0.4, 0.5) is 0 Å². The number of carbonyl (C=O) groups is 1. The summed E-state index contributed by atoms with van der Waals surface area (Å²) < 4.78 is 7.92. The van der Waals surface area contributed by atoms with Crippen LogP contribution in [0.25, 0.3) is 5.69 Å². The van der Waals surface area contributed by atoms with Gasteiger partial charge in [-0.1, -0.05) is 18.2 Å². The van der Waals surface area contributed by atoms with Crippen molar-refractivity contribution < 1.29 is 9.53 Å². The second-order valence-electron chi connectivity index (χ2n) is 10.0. The van der Waals surface area contributed by atoms with E-state index in [0.29, 0.717) is 23.8 Å². The molecule has 2 atom stereocenters. The van der Waals surface area contributed by atoms with Gasteiger partial charge in [-0.2, -0.15) is 5.10 Å².